The van der Waals surface area contributed by atoms with E-state index in [0.717, 1.165) is 18.2 Å². The summed E-state index contributed by atoms with van der Waals surface area (Å²) in [5, 5.41) is 10.4. The molecule has 98 valence electrons. The van der Waals surface area contributed by atoms with E-state index in [2.05, 4.69) is 0 Å². The van der Waals surface area contributed by atoms with E-state index in [9.17, 15) is 18.9 Å². The molecule has 0 saturated carbocycles. The highest BCUT2D eigenvalue weighted by Gasteiger charge is 2.13. The molecule has 2 aromatic rings. The lowest BCUT2D eigenvalue weighted by molar-refractivity contribution is -0.385. The molecule has 2 aromatic carbocycles. The van der Waals surface area contributed by atoms with E-state index in [-0.39, 0.29) is 16.5 Å². The first kappa shape index (κ1) is 13.2. The fraction of sp³-hybridized carbons (Fsp3) is 0. The van der Waals surface area contributed by atoms with Crippen LogP contribution < -0.4 is 4.74 Å². The molecule has 0 aliphatic rings. The summed E-state index contributed by atoms with van der Waals surface area (Å²) in [4.78, 5) is 9.79. The molecule has 0 aliphatic carbocycles. The Hall–Kier alpha value is -2.21. The predicted molar refractivity (Wildman–Crippen MR) is 64.5 cm³/mol. The normalized spacial score (nSPS) is 10.3. The number of non-ortho nitro benzene ring substituents is 1. The van der Waals surface area contributed by atoms with Crippen molar-refractivity contribution in [1.29, 1.82) is 0 Å². The maximum absolute atomic E-state index is 13.6. The molecular weight excluding hydrogens is 280 g/mol. The van der Waals surface area contributed by atoms with Crippen LogP contribution in [-0.4, -0.2) is 4.92 Å². The minimum absolute atomic E-state index is 0.164. The maximum Gasteiger partial charge on any atom is 0.276 e. The monoisotopic (exact) mass is 285 g/mol. The lowest BCUT2D eigenvalue weighted by Crippen LogP contribution is -1.93. The highest BCUT2D eigenvalue weighted by atomic mass is 35.5. The van der Waals surface area contributed by atoms with Gasteiger partial charge < -0.3 is 4.74 Å². The zero-order valence-electron chi connectivity index (χ0n) is 9.27. The van der Waals surface area contributed by atoms with E-state index in [1.807, 2.05) is 0 Å². The number of halogens is 3. The van der Waals surface area contributed by atoms with Crippen LogP contribution in [0, 0.1) is 21.7 Å². The molecule has 0 atom stereocenters. The topological polar surface area (TPSA) is 52.4 Å². The summed E-state index contributed by atoms with van der Waals surface area (Å²) in [5.74, 6) is -2.11. The van der Waals surface area contributed by atoms with Gasteiger partial charge in [0.05, 0.1) is 22.1 Å². The zero-order valence-corrected chi connectivity index (χ0v) is 10.0. The van der Waals surface area contributed by atoms with Crippen molar-refractivity contribution >= 4 is 17.3 Å². The van der Waals surface area contributed by atoms with Gasteiger partial charge in [0.15, 0.2) is 11.6 Å². The Bertz CT molecular complexity index is 649. The Morgan fingerprint density at radius 3 is 2.63 bits per heavy atom. The maximum atomic E-state index is 13.6. The van der Waals surface area contributed by atoms with Gasteiger partial charge in [0.25, 0.3) is 5.69 Å². The summed E-state index contributed by atoms with van der Waals surface area (Å²) < 4.78 is 31.8. The molecule has 19 heavy (non-hydrogen) atoms. The lowest BCUT2D eigenvalue weighted by Gasteiger charge is -2.07. The Kier molecular flexibility index (Phi) is 3.62. The SMILES string of the molecule is O=[N+]([O-])c1cc(F)cc(Oc2cccc(Cl)c2F)c1. The minimum Gasteiger partial charge on any atom is -0.454 e. The second kappa shape index (κ2) is 5.19. The fourth-order valence-electron chi connectivity index (χ4n) is 1.40. The van der Waals surface area contributed by atoms with Crippen LogP contribution in [0.2, 0.25) is 5.02 Å². The summed E-state index contributed by atoms with van der Waals surface area (Å²) >= 11 is 5.56. The van der Waals surface area contributed by atoms with Gasteiger partial charge in [-0.1, -0.05) is 17.7 Å². The number of nitro benzene ring substituents is 1. The van der Waals surface area contributed by atoms with Crippen molar-refractivity contribution in [3.8, 4) is 11.5 Å². The number of rotatable bonds is 3. The zero-order chi connectivity index (χ0) is 14.0. The number of hydrogen-bond donors (Lipinski definition) is 0. The molecule has 0 spiro atoms. The molecule has 4 nitrogen and oxygen atoms in total. The summed E-state index contributed by atoms with van der Waals surface area (Å²) in [6, 6.07) is 6.67. The number of hydrogen-bond acceptors (Lipinski definition) is 3. The Balaban J connectivity index is 2.38. The molecule has 0 aromatic heterocycles. The van der Waals surface area contributed by atoms with Crippen LogP contribution in [0.25, 0.3) is 0 Å². The van der Waals surface area contributed by atoms with Gasteiger partial charge in [0.1, 0.15) is 11.6 Å². The standard InChI is InChI=1S/C12H6ClF2NO3/c13-10-2-1-3-11(12(10)15)19-9-5-7(14)4-8(6-9)16(17)18/h1-6H. The third-order valence-corrected chi connectivity index (χ3v) is 2.50. The molecule has 0 radical (unpaired) electrons. The van der Waals surface area contributed by atoms with Crippen molar-refractivity contribution in [2.75, 3.05) is 0 Å². The largest absolute Gasteiger partial charge is 0.454 e. The summed E-state index contributed by atoms with van der Waals surface area (Å²) in [7, 11) is 0. The Labute approximate surface area is 111 Å². The Morgan fingerprint density at radius 1 is 1.21 bits per heavy atom. The first-order chi connectivity index (χ1) is 8.97. The number of nitrogens with zero attached hydrogens (tertiary/aromatic N) is 1. The molecule has 0 heterocycles. The molecule has 0 fully saturated rings. The van der Waals surface area contributed by atoms with Gasteiger partial charge >= 0.3 is 0 Å². The van der Waals surface area contributed by atoms with Crippen LogP contribution in [0.1, 0.15) is 0 Å². The van der Waals surface area contributed by atoms with Gasteiger partial charge in [-0.05, 0) is 12.1 Å². The smallest absolute Gasteiger partial charge is 0.276 e. The van der Waals surface area contributed by atoms with E-state index >= 15 is 0 Å². The molecule has 2 rings (SSSR count). The van der Waals surface area contributed by atoms with Crippen LogP contribution in [-0.2, 0) is 0 Å². The molecule has 0 aliphatic heterocycles. The van der Waals surface area contributed by atoms with Crippen LogP contribution in [0.5, 0.6) is 11.5 Å². The minimum atomic E-state index is -0.855. The first-order valence-corrected chi connectivity index (χ1v) is 5.42. The highest BCUT2D eigenvalue weighted by molar-refractivity contribution is 6.30. The average Bonchev–Trinajstić information content (AvgIpc) is 2.34. The highest BCUT2D eigenvalue weighted by Crippen LogP contribution is 2.31. The van der Waals surface area contributed by atoms with Crippen LogP contribution in [0.3, 0.4) is 0 Å². The van der Waals surface area contributed by atoms with Gasteiger partial charge in [0, 0.05) is 6.07 Å². The third kappa shape index (κ3) is 2.97. The number of ether oxygens (including phenoxy) is 1. The van der Waals surface area contributed by atoms with Crippen LogP contribution in [0.15, 0.2) is 36.4 Å². The molecule has 0 bridgehead atoms. The quantitative estimate of drug-likeness (QED) is 0.623. The fourth-order valence-corrected chi connectivity index (χ4v) is 1.57. The molecule has 0 unspecified atom stereocenters. The number of benzene rings is 2. The third-order valence-electron chi connectivity index (χ3n) is 2.21. The van der Waals surface area contributed by atoms with E-state index in [1.54, 1.807) is 0 Å². The first-order valence-electron chi connectivity index (χ1n) is 5.04. The summed E-state index contributed by atoms with van der Waals surface area (Å²) in [5.41, 5.74) is -0.488. The molecule has 0 N–H and O–H groups in total. The van der Waals surface area contributed by atoms with Crippen LogP contribution >= 0.6 is 11.6 Å². The van der Waals surface area contributed by atoms with Gasteiger partial charge in [-0.25, -0.2) is 8.78 Å². The summed E-state index contributed by atoms with van der Waals surface area (Å²) in [6.07, 6.45) is 0. The van der Waals surface area contributed by atoms with E-state index in [0.29, 0.717) is 0 Å². The molecule has 0 amide bonds. The average molecular weight is 286 g/mol. The summed E-state index contributed by atoms with van der Waals surface area (Å²) in [6.45, 7) is 0. The van der Waals surface area contributed by atoms with Crippen molar-refractivity contribution in [2.24, 2.45) is 0 Å². The van der Waals surface area contributed by atoms with Crippen LogP contribution in [0.4, 0.5) is 14.5 Å². The molecule has 0 saturated heterocycles. The van der Waals surface area contributed by atoms with E-state index in [4.69, 9.17) is 16.3 Å². The van der Waals surface area contributed by atoms with E-state index < -0.39 is 22.2 Å². The lowest BCUT2D eigenvalue weighted by atomic mass is 10.3. The van der Waals surface area contributed by atoms with Crippen molar-refractivity contribution in [1.82, 2.24) is 0 Å². The van der Waals surface area contributed by atoms with Crippen molar-refractivity contribution in [3.63, 3.8) is 0 Å². The van der Waals surface area contributed by atoms with Crippen molar-refractivity contribution < 1.29 is 18.4 Å². The Morgan fingerprint density at radius 2 is 1.95 bits per heavy atom. The second-order valence-electron chi connectivity index (χ2n) is 3.56. The van der Waals surface area contributed by atoms with Crippen molar-refractivity contribution in [2.45, 2.75) is 0 Å². The molecular formula is C12H6ClF2NO3. The van der Waals surface area contributed by atoms with E-state index in [1.165, 1.54) is 18.2 Å². The second-order valence-corrected chi connectivity index (χ2v) is 3.96. The van der Waals surface area contributed by atoms with Gasteiger partial charge in [0.2, 0.25) is 0 Å². The van der Waals surface area contributed by atoms with Gasteiger partial charge in [-0.3, -0.25) is 10.1 Å². The predicted octanol–water partition coefficient (Wildman–Crippen LogP) is 4.32. The van der Waals surface area contributed by atoms with Crippen molar-refractivity contribution in [3.05, 3.63) is 63.2 Å². The van der Waals surface area contributed by atoms with Gasteiger partial charge in [-0.15, -0.1) is 0 Å². The van der Waals surface area contributed by atoms with Gasteiger partial charge in [-0.2, -0.15) is 0 Å². The number of nitro groups is 1. The molecule has 7 heteroatoms.